The van der Waals surface area contributed by atoms with Crippen LogP contribution in [0.2, 0.25) is 0 Å². The molecule has 0 saturated heterocycles. The SMILES string of the molecule is CNC(c1cc(OC)ncn1)c1sccc1C. The first-order valence-corrected chi connectivity index (χ1v) is 6.21. The first kappa shape index (κ1) is 12.0. The van der Waals surface area contributed by atoms with Gasteiger partial charge in [0.05, 0.1) is 18.8 Å². The third-order valence-corrected chi connectivity index (χ3v) is 3.70. The van der Waals surface area contributed by atoms with Gasteiger partial charge >= 0.3 is 0 Å². The molecular weight excluding hydrogens is 234 g/mol. The van der Waals surface area contributed by atoms with Crippen molar-refractivity contribution in [2.24, 2.45) is 0 Å². The second-order valence-corrected chi connectivity index (χ2v) is 4.62. The van der Waals surface area contributed by atoms with Gasteiger partial charge in [-0.3, -0.25) is 0 Å². The van der Waals surface area contributed by atoms with E-state index in [2.05, 4.69) is 33.7 Å². The Hall–Kier alpha value is -1.46. The monoisotopic (exact) mass is 249 g/mol. The van der Waals surface area contributed by atoms with Gasteiger partial charge in [-0.25, -0.2) is 9.97 Å². The van der Waals surface area contributed by atoms with E-state index in [4.69, 9.17) is 4.74 Å². The smallest absolute Gasteiger partial charge is 0.216 e. The fourth-order valence-corrected chi connectivity index (χ4v) is 2.76. The standard InChI is InChI=1S/C12H15N3OS/c1-8-4-5-17-12(8)11(13-2)9-6-10(16-3)15-7-14-9/h4-7,11,13H,1-3H3. The highest BCUT2D eigenvalue weighted by Gasteiger charge is 2.17. The van der Waals surface area contributed by atoms with Crippen molar-refractivity contribution < 1.29 is 4.74 Å². The van der Waals surface area contributed by atoms with E-state index in [1.807, 2.05) is 13.1 Å². The van der Waals surface area contributed by atoms with E-state index in [-0.39, 0.29) is 6.04 Å². The first-order valence-electron chi connectivity index (χ1n) is 5.33. The van der Waals surface area contributed by atoms with Crippen LogP contribution >= 0.6 is 11.3 Å². The van der Waals surface area contributed by atoms with Crippen LogP contribution < -0.4 is 10.1 Å². The molecule has 0 amide bonds. The molecule has 2 aromatic rings. The predicted molar refractivity (Wildman–Crippen MR) is 68.5 cm³/mol. The topological polar surface area (TPSA) is 47.0 Å². The summed E-state index contributed by atoms with van der Waals surface area (Å²) in [6.07, 6.45) is 1.53. The molecule has 90 valence electrons. The molecule has 5 heteroatoms. The molecule has 2 heterocycles. The summed E-state index contributed by atoms with van der Waals surface area (Å²) in [6.45, 7) is 2.11. The van der Waals surface area contributed by atoms with Gasteiger partial charge in [-0.15, -0.1) is 11.3 Å². The molecule has 17 heavy (non-hydrogen) atoms. The van der Waals surface area contributed by atoms with Crippen LogP contribution in [0.1, 0.15) is 22.2 Å². The summed E-state index contributed by atoms with van der Waals surface area (Å²) in [7, 11) is 3.54. The van der Waals surface area contributed by atoms with Gasteiger partial charge in [-0.2, -0.15) is 0 Å². The Morgan fingerprint density at radius 1 is 1.41 bits per heavy atom. The summed E-state index contributed by atoms with van der Waals surface area (Å²) < 4.78 is 5.12. The van der Waals surface area contributed by atoms with Crippen LogP contribution in [0.25, 0.3) is 0 Å². The number of ether oxygens (including phenoxy) is 1. The second kappa shape index (κ2) is 5.25. The molecule has 2 rings (SSSR count). The summed E-state index contributed by atoms with van der Waals surface area (Å²) in [6, 6.07) is 4.07. The lowest BCUT2D eigenvalue weighted by Crippen LogP contribution is -2.18. The van der Waals surface area contributed by atoms with Crippen LogP contribution in [0.3, 0.4) is 0 Å². The number of rotatable bonds is 4. The van der Waals surface area contributed by atoms with Gasteiger partial charge in [-0.05, 0) is 31.0 Å². The van der Waals surface area contributed by atoms with Crippen molar-refractivity contribution in [3.05, 3.63) is 40.0 Å². The zero-order chi connectivity index (χ0) is 12.3. The second-order valence-electron chi connectivity index (χ2n) is 3.67. The van der Waals surface area contributed by atoms with E-state index in [0.717, 1.165) is 5.69 Å². The van der Waals surface area contributed by atoms with Gasteiger partial charge in [0.15, 0.2) is 0 Å². The van der Waals surface area contributed by atoms with Crippen LogP contribution in [-0.4, -0.2) is 24.1 Å². The van der Waals surface area contributed by atoms with Gasteiger partial charge < -0.3 is 10.1 Å². The molecule has 0 bridgehead atoms. The molecule has 0 radical (unpaired) electrons. The summed E-state index contributed by atoms with van der Waals surface area (Å²) in [4.78, 5) is 9.60. The van der Waals surface area contributed by atoms with Crippen molar-refractivity contribution in [1.29, 1.82) is 0 Å². The Morgan fingerprint density at radius 3 is 2.82 bits per heavy atom. The highest BCUT2D eigenvalue weighted by atomic mass is 32.1. The zero-order valence-electron chi connectivity index (χ0n) is 10.1. The number of thiophene rings is 1. The summed E-state index contributed by atoms with van der Waals surface area (Å²) in [5.74, 6) is 0.587. The van der Waals surface area contributed by atoms with E-state index in [9.17, 15) is 0 Å². The minimum Gasteiger partial charge on any atom is -0.481 e. The summed E-state index contributed by atoms with van der Waals surface area (Å²) >= 11 is 1.73. The number of aryl methyl sites for hydroxylation is 1. The quantitative estimate of drug-likeness (QED) is 0.902. The minimum absolute atomic E-state index is 0.0897. The lowest BCUT2D eigenvalue weighted by molar-refractivity contribution is 0.395. The Bertz CT molecular complexity index is 498. The number of nitrogens with one attached hydrogen (secondary N) is 1. The molecule has 0 aliphatic carbocycles. The minimum atomic E-state index is 0.0897. The highest BCUT2D eigenvalue weighted by molar-refractivity contribution is 7.10. The van der Waals surface area contributed by atoms with Crippen LogP contribution in [0.5, 0.6) is 5.88 Å². The van der Waals surface area contributed by atoms with E-state index >= 15 is 0 Å². The molecular formula is C12H15N3OS. The van der Waals surface area contributed by atoms with E-state index in [1.165, 1.54) is 16.8 Å². The van der Waals surface area contributed by atoms with Gasteiger partial charge in [0, 0.05) is 10.9 Å². The van der Waals surface area contributed by atoms with Gasteiger partial charge in [-0.1, -0.05) is 0 Å². The summed E-state index contributed by atoms with van der Waals surface area (Å²) in [5.41, 5.74) is 2.19. The molecule has 0 fully saturated rings. The number of hydrogen-bond donors (Lipinski definition) is 1. The Morgan fingerprint density at radius 2 is 2.24 bits per heavy atom. The highest BCUT2D eigenvalue weighted by Crippen LogP contribution is 2.28. The third-order valence-electron chi connectivity index (χ3n) is 2.62. The molecule has 1 atom stereocenters. The normalized spacial score (nSPS) is 12.4. The first-order chi connectivity index (χ1) is 8.26. The maximum Gasteiger partial charge on any atom is 0.216 e. The van der Waals surface area contributed by atoms with Crippen molar-refractivity contribution in [2.45, 2.75) is 13.0 Å². The molecule has 0 spiro atoms. The molecule has 0 aromatic carbocycles. The number of aromatic nitrogens is 2. The van der Waals surface area contributed by atoms with Crippen LogP contribution in [0.4, 0.5) is 0 Å². The van der Waals surface area contributed by atoms with E-state index in [0.29, 0.717) is 5.88 Å². The molecule has 0 aliphatic heterocycles. The van der Waals surface area contributed by atoms with Gasteiger partial charge in [0.2, 0.25) is 5.88 Å². The van der Waals surface area contributed by atoms with Crippen LogP contribution in [-0.2, 0) is 0 Å². The number of hydrogen-bond acceptors (Lipinski definition) is 5. The molecule has 1 N–H and O–H groups in total. The van der Waals surface area contributed by atoms with Crippen molar-refractivity contribution in [2.75, 3.05) is 14.2 Å². The largest absolute Gasteiger partial charge is 0.481 e. The molecule has 0 aliphatic rings. The predicted octanol–water partition coefficient (Wildman–Crippen LogP) is 2.16. The van der Waals surface area contributed by atoms with Crippen molar-refractivity contribution in [1.82, 2.24) is 15.3 Å². The Balaban J connectivity index is 2.38. The van der Waals surface area contributed by atoms with Crippen molar-refractivity contribution in [3.8, 4) is 5.88 Å². The lowest BCUT2D eigenvalue weighted by atomic mass is 10.1. The number of nitrogens with zero attached hydrogens (tertiary/aromatic N) is 2. The fraction of sp³-hybridized carbons (Fsp3) is 0.333. The van der Waals surface area contributed by atoms with Crippen molar-refractivity contribution in [3.63, 3.8) is 0 Å². The fourth-order valence-electron chi connectivity index (χ4n) is 1.72. The van der Waals surface area contributed by atoms with Crippen LogP contribution in [0.15, 0.2) is 23.8 Å². The van der Waals surface area contributed by atoms with E-state index in [1.54, 1.807) is 18.4 Å². The Kier molecular flexibility index (Phi) is 3.71. The zero-order valence-corrected chi connectivity index (χ0v) is 10.9. The third kappa shape index (κ3) is 2.45. The maximum atomic E-state index is 5.12. The average Bonchev–Trinajstić information content (AvgIpc) is 2.77. The lowest BCUT2D eigenvalue weighted by Gasteiger charge is -2.15. The molecule has 4 nitrogen and oxygen atoms in total. The van der Waals surface area contributed by atoms with Gasteiger partial charge in [0.25, 0.3) is 0 Å². The van der Waals surface area contributed by atoms with E-state index < -0.39 is 0 Å². The molecule has 0 saturated carbocycles. The molecule has 1 unspecified atom stereocenters. The summed E-state index contributed by atoms with van der Waals surface area (Å²) in [5, 5.41) is 5.37. The van der Waals surface area contributed by atoms with Crippen LogP contribution in [0, 0.1) is 6.92 Å². The maximum absolute atomic E-state index is 5.12. The van der Waals surface area contributed by atoms with Crippen molar-refractivity contribution >= 4 is 11.3 Å². The Labute approximate surface area is 105 Å². The number of methoxy groups -OCH3 is 1. The van der Waals surface area contributed by atoms with Gasteiger partial charge in [0.1, 0.15) is 6.33 Å². The average molecular weight is 249 g/mol. The molecule has 2 aromatic heterocycles.